The van der Waals surface area contributed by atoms with E-state index >= 15 is 0 Å². The van der Waals surface area contributed by atoms with Crippen molar-refractivity contribution in [3.8, 4) is 0 Å². The van der Waals surface area contributed by atoms with Crippen LogP contribution in [-0.4, -0.2) is 20.0 Å². The third-order valence-corrected chi connectivity index (χ3v) is 4.18. The first-order valence-corrected chi connectivity index (χ1v) is 7.48. The molecule has 22 heavy (non-hydrogen) atoms. The summed E-state index contributed by atoms with van der Waals surface area (Å²) in [5.74, 6) is -0.636. The van der Waals surface area contributed by atoms with Crippen LogP contribution in [0.3, 0.4) is 0 Å². The lowest BCUT2D eigenvalue weighted by atomic mass is 9.95. The topological polar surface area (TPSA) is 100.0 Å². The molecule has 2 heterocycles. The molecule has 0 atom stereocenters. The molecule has 1 aliphatic carbocycles. The van der Waals surface area contributed by atoms with Gasteiger partial charge in [-0.25, -0.2) is 9.78 Å². The van der Waals surface area contributed by atoms with Crippen molar-refractivity contribution >= 4 is 16.9 Å². The summed E-state index contributed by atoms with van der Waals surface area (Å²) in [5.41, 5.74) is 4.62. The Morgan fingerprint density at radius 3 is 2.68 bits per heavy atom. The number of carbonyl (C=O) groups is 1. The lowest BCUT2D eigenvalue weighted by molar-refractivity contribution is -0.118. The van der Waals surface area contributed by atoms with Gasteiger partial charge < -0.3 is 5.73 Å². The highest BCUT2D eigenvalue weighted by Gasteiger charge is 2.22. The molecule has 0 radical (unpaired) electrons. The maximum Gasteiger partial charge on any atom is 0.333 e. The van der Waals surface area contributed by atoms with E-state index in [0.717, 1.165) is 32.1 Å². The van der Waals surface area contributed by atoms with Crippen LogP contribution in [0.15, 0.2) is 27.9 Å². The van der Waals surface area contributed by atoms with Crippen molar-refractivity contribution in [1.82, 2.24) is 14.1 Å². The van der Waals surface area contributed by atoms with Crippen molar-refractivity contribution in [2.24, 2.45) is 5.73 Å². The number of amides is 1. The molecule has 1 amide bonds. The van der Waals surface area contributed by atoms with Crippen LogP contribution in [-0.2, 0) is 11.3 Å². The number of rotatable bonds is 3. The van der Waals surface area contributed by atoms with E-state index in [9.17, 15) is 14.4 Å². The standard InChI is InChI=1S/C15H18N4O3/c16-12(20)9-18-13-11(7-4-8-17-13)14(21)19(15(18)22)10-5-2-1-3-6-10/h4,7-8,10H,1-3,5-6,9H2,(H2,16,20). The van der Waals surface area contributed by atoms with Gasteiger partial charge in [-0.05, 0) is 25.0 Å². The zero-order valence-corrected chi connectivity index (χ0v) is 12.2. The van der Waals surface area contributed by atoms with E-state index in [1.807, 2.05) is 0 Å². The Morgan fingerprint density at radius 2 is 2.00 bits per heavy atom. The lowest BCUT2D eigenvalue weighted by Crippen LogP contribution is -2.44. The average molecular weight is 302 g/mol. The maximum atomic E-state index is 12.7. The normalized spacial score (nSPS) is 16.0. The Morgan fingerprint density at radius 1 is 1.27 bits per heavy atom. The van der Waals surface area contributed by atoms with Gasteiger partial charge in [-0.1, -0.05) is 19.3 Å². The van der Waals surface area contributed by atoms with Crippen LogP contribution in [0.25, 0.3) is 11.0 Å². The van der Waals surface area contributed by atoms with Gasteiger partial charge >= 0.3 is 5.69 Å². The summed E-state index contributed by atoms with van der Waals surface area (Å²) in [6.07, 6.45) is 6.21. The smallest absolute Gasteiger partial charge is 0.333 e. The van der Waals surface area contributed by atoms with Crippen molar-refractivity contribution < 1.29 is 4.79 Å². The second kappa shape index (κ2) is 5.75. The van der Waals surface area contributed by atoms with E-state index in [1.165, 1.54) is 15.3 Å². The molecule has 3 rings (SSSR count). The van der Waals surface area contributed by atoms with E-state index in [0.29, 0.717) is 5.39 Å². The van der Waals surface area contributed by atoms with Gasteiger partial charge in [0.1, 0.15) is 12.2 Å². The Hall–Kier alpha value is -2.44. The predicted molar refractivity (Wildman–Crippen MR) is 81.6 cm³/mol. The fraction of sp³-hybridized carbons (Fsp3) is 0.467. The fourth-order valence-corrected chi connectivity index (χ4v) is 3.18. The van der Waals surface area contributed by atoms with Gasteiger partial charge in [0.25, 0.3) is 5.56 Å². The third kappa shape index (κ3) is 2.43. The van der Waals surface area contributed by atoms with Crippen LogP contribution in [0.2, 0.25) is 0 Å². The number of hydrogen-bond donors (Lipinski definition) is 1. The number of fused-ring (bicyclic) bond motifs is 1. The Labute approximate surface area is 126 Å². The molecule has 0 aromatic carbocycles. The molecule has 116 valence electrons. The van der Waals surface area contributed by atoms with Crippen molar-refractivity contribution in [3.63, 3.8) is 0 Å². The van der Waals surface area contributed by atoms with Crippen molar-refractivity contribution in [2.75, 3.05) is 0 Å². The number of aromatic nitrogens is 3. The van der Waals surface area contributed by atoms with Gasteiger partial charge in [0, 0.05) is 12.2 Å². The number of primary amides is 1. The maximum absolute atomic E-state index is 12.7. The summed E-state index contributed by atoms with van der Waals surface area (Å²) in [6, 6.07) is 3.16. The molecule has 1 aliphatic rings. The summed E-state index contributed by atoms with van der Waals surface area (Å²) in [7, 11) is 0. The number of pyridine rings is 1. The zero-order valence-electron chi connectivity index (χ0n) is 12.2. The first-order valence-electron chi connectivity index (χ1n) is 7.48. The van der Waals surface area contributed by atoms with Gasteiger partial charge in [-0.2, -0.15) is 0 Å². The molecule has 2 aromatic rings. The van der Waals surface area contributed by atoms with Gasteiger partial charge in [-0.15, -0.1) is 0 Å². The summed E-state index contributed by atoms with van der Waals surface area (Å²) < 4.78 is 2.49. The Kier molecular flexibility index (Phi) is 3.79. The van der Waals surface area contributed by atoms with Gasteiger partial charge in [0.05, 0.1) is 5.39 Å². The van der Waals surface area contributed by atoms with Crippen LogP contribution >= 0.6 is 0 Å². The number of nitrogens with zero attached hydrogens (tertiary/aromatic N) is 3. The predicted octanol–water partition coefficient (Wildman–Crippen LogP) is 0.549. The largest absolute Gasteiger partial charge is 0.368 e. The minimum atomic E-state index is -0.636. The highest BCUT2D eigenvalue weighted by Crippen LogP contribution is 2.26. The summed E-state index contributed by atoms with van der Waals surface area (Å²) in [6.45, 7) is -0.278. The summed E-state index contributed by atoms with van der Waals surface area (Å²) in [4.78, 5) is 40.8. The van der Waals surface area contributed by atoms with Crippen molar-refractivity contribution in [3.05, 3.63) is 39.2 Å². The van der Waals surface area contributed by atoms with E-state index in [4.69, 9.17) is 5.73 Å². The summed E-state index contributed by atoms with van der Waals surface area (Å²) >= 11 is 0. The van der Waals surface area contributed by atoms with Crippen LogP contribution in [0.5, 0.6) is 0 Å². The molecule has 2 N–H and O–H groups in total. The van der Waals surface area contributed by atoms with Crippen LogP contribution in [0, 0.1) is 0 Å². The second-order valence-electron chi connectivity index (χ2n) is 5.68. The van der Waals surface area contributed by atoms with Crippen LogP contribution < -0.4 is 17.0 Å². The first-order chi connectivity index (χ1) is 10.6. The molecule has 2 aromatic heterocycles. The van der Waals surface area contributed by atoms with Crippen molar-refractivity contribution in [2.45, 2.75) is 44.7 Å². The van der Waals surface area contributed by atoms with Gasteiger partial charge in [-0.3, -0.25) is 18.7 Å². The number of carbonyl (C=O) groups excluding carboxylic acids is 1. The summed E-state index contributed by atoms with van der Waals surface area (Å²) in [5, 5.41) is 0.342. The minimum Gasteiger partial charge on any atom is -0.368 e. The lowest BCUT2D eigenvalue weighted by Gasteiger charge is -2.24. The number of hydrogen-bond acceptors (Lipinski definition) is 4. The van der Waals surface area contributed by atoms with E-state index in [1.54, 1.807) is 12.1 Å². The Balaban J connectivity index is 2.30. The molecular formula is C15H18N4O3. The third-order valence-electron chi connectivity index (χ3n) is 4.18. The van der Waals surface area contributed by atoms with Crippen LogP contribution in [0.4, 0.5) is 0 Å². The van der Waals surface area contributed by atoms with Crippen LogP contribution in [0.1, 0.15) is 38.1 Å². The highest BCUT2D eigenvalue weighted by molar-refractivity contribution is 5.78. The second-order valence-corrected chi connectivity index (χ2v) is 5.68. The minimum absolute atomic E-state index is 0.113. The Bertz CT molecular complexity index is 831. The highest BCUT2D eigenvalue weighted by atomic mass is 16.2. The molecule has 7 nitrogen and oxygen atoms in total. The van der Waals surface area contributed by atoms with Crippen molar-refractivity contribution in [1.29, 1.82) is 0 Å². The number of nitrogens with two attached hydrogens (primary N) is 1. The first kappa shape index (κ1) is 14.5. The van der Waals surface area contributed by atoms with E-state index in [-0.39, 0.29) is 23.8 Å². The molecule has 0 unspecified atom stereocenters. The van der Waals surface area contributed by atoms with E-state index < -0.39 is 11.6 Å². The fourth-order valence-electron chi connectivity index (χ4n) is 3.18. The van der Waals surface area contributed by atoms with Gasteiger partial charge in [0.15, 0.2) is 0 Å². The molecule has 7 heteroatoms. The molecule has 0 aliphatic heterocycles. The molecule has 1 saturated carbocycles. The molecule has 0 saturated heterocycles. The molecule has 0 spiro atoms. The average Bonchev–Trinajstić information content (AvgIpc) is 2.52. The monoisotopic (exact) mass is 302 g/mol. The molecular weight excluding hydrogens is 284 g/mol. The van der Waals surface area contributed by atoms with Gasteiger partial charge in [0.2, 0.25) is 5.91 Å². The van der Waals surface area contributed by atoms with E-state index in [2.05, 4.69) is 4.98 Å². The zero-order chi connectivity index (χ0) is 15.7. The molecule has 0 bridgehead atoms. The quantitative estimate of drug-likeness (QED) is 0.894. The molecule has 1 fully saturated rings. The SMILES string of the molecule is NC(=O)Cn1c(=O)n(C2CCCCC2)c(=O)c2cccnc21.